The van der Waals surface area contributed by atoms with Crippen molar-refractivity contribution in [1.82, 2.24) is 0 Å². The highest BCUT2D eigenvalue weighted by molar-refractivity contribution is 6.01. The number of carbonyl (C=O) groups is 1. The van der Waals surface area contributed by atoms with Crippen molar-refractivity contribution in [2.45, 2.75) is 13.8 Å². The maximum absolute atomic E-state index is 11.1. The van der Waals surface area contributed by atoms with E-state index in [0.717, 1.165) is 0 Å². The maximum Gasteiger partial charge on any atom is 0.286 e. The number of rotatable bonds is 2. The lowest BCUT2D eigenvalue weighted by atomic mass is 10.0. The lowest BCUT2D eigenvalue weighted by molar-refractivity contribution is -0.385. The fourth-order valence-electron chi connectivity index (χ4n) is 1.27. The fraction of sp³-hybridized carbons (Fsp3) is 0.222. The first-order valence-corrected chi connectivity index (χ1v) is 3.93. The number of ketones is 1. The molecule has 0 aliphatic rings. The minimum Gasteiger partial charge on any atom is -0.507 e. The Morgan fingerprint density at radius 1 is 1.50 bits per heavy atom. The van der Waals surface area contributed by atoms with Crippen molar-refractivity contribution in [3.05, 3.63) is 33.4 Å². The molecule has 14 heavy (non-hydrogen) atoms. The summed E-state index contributed by atoms with van der Waals surface area (Å²) in [4.78, 5) is 21.1. The molecule has 1 aromatic rings. The number of aryl methyl sites for hydroxylation is 1. The molecule has 0 radical (unpaired) electrons. The fourth-order valence-corrected chi connectivity index (χ4v) is 1.27. The summed E-state index contributed by atoms with van der Waals surface area (Å²) in [6.07, 6.45) is 0. The molecule has 0 aliphatic carbocycles. The third-order valence-corrected chi connectivity index (χ3v) is 1.89. The molecule has 74 valence electrons. The molecule has 0 saturated carbocycles. The summed E-state index contributed by atoms with van der Waals surface area (Å²) in [7, 11) is 0. The molecule has 0 amide bonds. The number of benzene rings is 1. The van der Waals surface area contributed by atoms with E-state index in [2.05, 4.69) is 0 Å². The second-order valence-corrected chi connectivity index (χ2v) is 2.94. The molecule has 0 fully saturated rings. The molecule has 0 heterocycles. The van der Waals surface area contributed by atoms with Crippen molar-refractivity contribution >= 4 is 11.5 Å². The zero-order chi connectivity index (χ0) is 10.9. The van der Waals surface area contributed by atoms with Gasteiger partial charge in [0.05, 0.1) is 4.92 Å². The Morgan fingerprint density at radius 3 is 2.43 bits per heavy atom. The van der Waals surface area contributed by atoms with Crippen LogP contribution < -0.4 is 0 Å². The molecule has 5 nitrogen and oxygen atoms in total. The van der Waals surface area contributed by atoms with Crippen molar-refractivity contribution in [2.24, 2.45) is 0 Å². The number of nitro benzene ring substituents is 1. The molecular weight excluding hydrogens is 186 g/mol. The van der Waals surface area contributed by atoms with Gasteiger partial charge in [-0.05, 0) is 26.0 Å². The first kappa shape index (κ1) is 10.2. The summed E-state index contributed by atoms with van der Waals surface area (Å²) in [5.74, 6) is -0.868. The normalized spacial score (nSPS) is 9.86. The largest absolute Gasteiger partial charge is 0.507 e. The highest BCUT2D eigenvalue weighted by atomic mass is 16.6. The van der Waals surface area contributed by atoms with Crippen LogP contribution in [-0.4, -0.2) is 15.8 Å². The zero-order valence-corrected chi connectivity index (χ0v) is 7.77. The van der Waals surface area contributed by atoms with Crippen LogP contribution >= 0.6 is 0 Å². The first-order valence-electron chi connectivity index (χ1n) is 3.93. The highest BCUT2D eigenvalue weighted by Crippen LogP contribution is 2.30. The first-order chi connectivity index (χ1) is 6.45. The quantitative estimate of drug-likeness (QED) is 0.443. The zero-order valence-electron chi connectivity index (χ0n) is 7.77. The van der Waals surface area contributed by atoms with Gasteiger partial charge in [0.25, 0.3) is 5.69 Å². The minimum absolute atomic E-state index is 0.227. The Morgan fingerprint density at radius 2 is 2.07 bits per heavy atom. The number of Topliss-reactive ketones (excluding diaryl/α,β-unsaturated/α-hetero) is 1. The Kier molecular flexibility index (Phi) is 2.51. The van der Waals surface area contributed by atoms with Gasteiger partial charge in [-0.15, -0.1) is 0 Å². The predicted molar refractivity (Wildman–Crippen MR) is 49.5 cm³/mol. The Hall–Kier alpha value is -1.91. The third-order valence-electron chi connectivity index (χ3n) is 1.89. The minimum atomic E-state index is -0.661. The van der Waals surface area contributed by atoms with E-state index in [-0.39, 0.29) is 17.0 Å². The Bertz CT molecular complexity index is 373. The molecule has 0 aliphatic heterocycles. The van der Waals surface area contributed by atoms with Crippen LogP contribution in [-0.2, 0) is 0 Å². The second-order valence-electron chi connectivity index (χ2n) is 2.94. The van der Waals surface area contributed by atoms with Crippen LogP contribution in [0.1, 0.15) is 22.8 Å². The van der Waals surface area contributed by atoms with E-state index >= 15 is 0 Å². The summed E-state index contributed by atoms with van der Waals surface area (Å²) < 4.78 is 0. The number of hydrogen-bond acceptors (Lipinski definition) is 4. The maximum atomic E-state index is 11.1. The van der Waals surface area contributed by atoms with Crippen LogP contribution in [0.5, 0.6) is 5.75 Å². The monoisotopic (exact) mass is 195 g/mol. The molecule has 1 N–H and O–H groups in total. The lowest BCUT2D eigenvalue weighted by Gasteiger charge is -2.03. The number of phenols is 1. The van der Waals surface area contributed by atoms with E-state index in [9.17, 15) is 20.0 Å². The smallest absolute Gasteiger partial charge is 0.286 e. The summed E-state index contributed by atoms with van der Waals surface area (Å²) in [5, 5.41) is 20.0. The van der Waals surface area contributed by atoms with Gasteiger partial charge in [0, 0.05) is 5.56 Å². The summed E-state index contributed by atoms with van der Waals surface area (Å²) in [6.45, 7) is 2.70. The van der Waals surface area contributed by atoms with Crippen molar-refractivity contribution in [1.29, 1.82) is 0 Å². The van der Waals surface area contributed by atoms with Crippen LogP contribution in [0.15, 0.2) is 12.1 Å². The molecule has 5 heteroatoms. The average molecular weight is 195 g/mol. The van der Waals surface area contributed by atoms with Crippen LogP contribution in [0.25, 0.3) is 0 Å². The molecule has 0 unspecified atom stereocenters. The summed E-state index contributed by atoms with van der Waals surface area (Å²) >= 11 is 0. The van der Waals surface area contributed by atoms with Gasteiger partial charge in [0.1, 0.15) is 11.3 Å². The van der Waals surface area contributed by atoms with Gasteiger partial charge in [-0.25, -0.2) is 0 Å². The highest BCUT2D eigenvalue weighted by Gasteiger charge is 2.23. The number of phenolic OH excluding ortho intramolecular Hbond substituents is 1. The number of hydrogen-bond donors (Lipinski definition) is 1. The van der Waals surface area contributed by atoms with Crippen LogP contribution in [0.3, 0.4) is 0 Å². The number of carbonyl (C=O) groups excluding carboxylic acids is 1. The van der Waals surface area contributed by atoms with Gasteiger partial charge in [-0.1, -0.05) is 0 Å². The van der Waals surface area contributed by atoms with Gasteiger partial charge in [0.15, 0.2) is 5.78 Å². The van der Waals surface area contributed by atoms with E-state index in [1.807, 2.05) is 0 Å². The van der Waals surface area contributed by atoms with E-state index in [1.54, 1.807) is 0 Å². The van der Waals surface area contributed by atoms with E-state index in [1.165, 1.54) is 26.0 Å². The summed E-state index contributed by atoms with van der Waals surface area (Å²) in [5.41, 5.74) is -0.189. The summed E-state index contributed by atoms with van der Waals surface area (Å²) in [6, 6.07) is 2.68. The van der Waals surface area contributed by atoms with Gasteiger partial charge in [-0.3, -0.25) is 14.9 Å². The van der Waals surface area contributed by atoms with Gasteiger partial charge in [0.2, 0.25) is 0 Å². The van der Waals surface area contributed by atoms with E-state index in [0.29, 0.717) is 5.56 Å². The standard InChI is InChI=1S/C9H9NO4/c1-5-3-4-7(12)8(6(2)11)9(5)10(13)14/h3-4,12H,1-2H3. The van der Waals surface area contributed by atoms with Crippen molar-refractivity contribution in [3.63, 3.8) is 0 Å². The van der Waals surface area contributed by atoms with Gasteiger partial charge >= 0.3 is 0 Å². The SMILES string of the molecule is CC(=O)c1c(O)ccc(C)c1[N+](=O)[O-]. The number of aromatic hydroxyl groups is 1. The second kappa shape index (κ2) is 3.45. The Balaban J connectivity index is 3.58. The van der Waals surface area contributed by atoms with Crippen molar-refractivity contribution in [3.8, 4) is 5.75 Å². The molecule has 0 bridgehead atoms. The Labute approximate surface area is 80.1 Å². The van der Waals surface area contributed by atoms with Crippen molar-refractivity contribution < 1.29 is 14.8 Å². The average Bonchev–Trinajstić information content (AvgIpc) is 2.07. The molecule has 0 aromatic heterocycles. The van der Waals surface area contributed by atoms with Gasteiger partial charge in [-0.2, -0.15) is 0 Å². The van der Waals surface area contributed by atoms with E-state index in [4.69, 9.17) is 0 Å². The van der Waals surface area contributed by atoms with Crippen molar-refractivity contribution in [2.75, 3.05) is 0 Å². The molecule has 1 rings (SSSR count). The molecule has 0 spiro atoms. The van der Waals surface area contributed by atoms with Crippen LogP contribution in [0, 0.1) is 17.0 Å². The van der Waals surface area contributed by atoms with Gasteiger partial charge < -0.3 is 5.11 Å². The molecule has 0 atom stereocenters. The lowest BCUT2D eigenvalue weighted by Crippen LogP contribution is -2.02. The van der Waals surface area contributed by atoms with Crippen LogP contribution in [0.4, 0.5) is 5.69 Å². The number of nitro groups is 1. The third kappa shape index (κ3) is 1.56. The molecular formula is C9H9NO4. The molecule has 0 saturated heterocycles. The topological polar surface area (TPSA) is 80.4 Å². The number of nitrogens with zero attached hydrogens (tertiary/aromatic N) is 1. The van der Waals surface area contributed by atoms with E-state index < -0.39 is 10.7 Å². The predicted octanol–water partition coefficient (Wildman–Crippen LogP) is 1.81. The van der Waals surface area contributed by atoms with Crippen LogP contribution in [0.2, 0.25) is 0 Å². The molecule has 1 aromatic carbocycles.